The van der Waals surface area contributed by atoms with E-state index in [0.717, 1.165) is 18.5 Å². The molecule has 1 heterocycles. The SMILES string of the molecule is CCCCCCOc1ccc(C(=O)Nc2cccc(C)n2)cc1OC. The second-order valence-electron chi connectivity index (χ2n) is 5.89. The number of nitrogens with one attached hydrogen (secondary N) is 1. The van der Waals surface area contributed by atoms with Crippen LogP contribution in [0.4, 0.5) is 5.82 Å². The molecule has 0 radical (unpaired) electrons. The molecule has 5 nitrogen and oxygen atoms in total. The van der Waals surface area contributed by atoms with Crippen molar-refractivity contribution in [1.82, 2.24) is 4.98 Å². The van der Waals surface area contributed by atoms with Gasteiger partial charge in [-0.05, 0) is 43.7 Å². The van der Waals surface area contributed by atoms with Crippen molar-refractivity contribution in [1.29, 1.82) is 0 Å². The van der Waals surface area contributed by atoms with Crippen LogP contribution >= 0.6 is 0 Å². The summed E-state index contributed by atoms with van der Waals surface area (Å²) in [6, 6.07) is 10.7. The molecule has 0 saturated carbocycles. The molecule has 1 N–H and O–H groups in total. The van der Waals surface area contributed by atoms with Crippen LogP contribution in [0.2, 0.25) is 0 Å². The predicted molar refractivity (Wildman–Crippen MR) is 99.6 cm³/mol. The van der Waals surface area contributed by atoms with Gasteiger partial charge in [0.25, 0.3) is 5.91 Å². The number of methoxy groups -OCH3 is 1. The Labute approximate surface area is 149 Å². The number of rotatable bonds is 9. The fourth-order valence-corrected chi connectivity index (χ4v) is 2.44. The largest absolute Gasteiger partial charge is 0.493 e. The average molecular weight is 342 g/mol. The highest BCUT2D eigenvalue weighted by atomic mass is 16.5. The Morgan fingerprint density at radius 1 is 1.12 bits per heavy atom. The molecule has 0 fully saturated rings. The summed E-state index contributed by atoms with van der Waals surface area (Å²) in [6.45, 7) is 4.71. The van der Waals surface area contributed by atoms with E-state index in [0.29, 0.717) is 29.5 Å². The van der Waals surface area contributed by atoms with Crippen molar-refractivity contribution < 1.29 is 14.3 Å². The van der Waals surface area contributed by atoms with E-state index < -0.39 is 0 Å². The molecule has 0 bridgehead atoms. The number of unbranched alkanes of at least 4 members (excludes halogenated alkanes) is 3. The van der Waals surface area contributed by atoms with Gasteiger partial charge in [-0.25, -0.2) is 4.98 Å². The summed E-state index contributed by atoms with van der Waals surface area (Å²) < 4.78 is 11.1. The lowest BCUT2D eigenvalue weighted by atomic mass is 10.2. The van der Waals surface area contributed by atoms with Gasteiger partial charge in [0.15, 0.2) is 11.5 Å². The first-order valence-electron chi connectivity index (χ1n) is 8.70. The minimum absolute atomic E-state index is 0.231. The van der Waals surface area contributed by atoms with E-state index in [-0.39, 0.29) is 5.91 Å². The zero-order valence-electron chi connectivity index (χ0n) is 15.2. The van der Waals surface area contributed by atoms with Crippen molar-refractivity contribution in [3.8, 4) is 11.5 Å². The van der Waals surface area contributed by atoms with Crippen molar-refractivity contribution in [3.63, 3.8) is 0 Å². The van der Waals surface area contributed by atoms with E-state index in [1.54, 1.807) is 31.4 Å². The fourth-order valence-electron chi connectivity index (χ4n) is 2.44. The summed E-state index contributed by atoms with van der Waals surface area (Å²) in [5.41, 5.74) is 1.35. The van der Waals surface area contributed by atoms with Gasteiger partial charge in [0.2, 0.25) is 0 Å². The second-order valence-corrected chi connectivity index (χ2v) is 5.89. The number of aromatic nitrogens is 1. The summed E-state index contributed by atoms with van der Waals surface area (Å²) in [4.78, 5) is 16.7. The quantitative estimate of drug-likeness (QED) is 0.676. The lowest BCUT2D eigenvalue weighted by Crippen LogP contribution is -2.13. The molecule has 134 valence electrons. The van der Waals surface area contributed by atoms with E-state index in [4.69, 9.17) is 9.47 Å². The van der Waals surface area contributed by atoms with Crippen molar-refractivity contribution >= 4 is 11.7 Å². The van der Waals surface area contributed by atoms with Crippen LogP contribution in [0.15, 0.2) is 36.4 Å². The minimum atomic E-state index is -0.231. The first-order chi connectivity index (χ1) is 12.1. The van der Waals surface area contributed by atoms with E-state index in [9.17, 15) is 4.79 Å². The standard InChI is InChI=1S/C20H26N2O3/c1-4-5-6-7-13-25-17-12-11-16(14-18(17)24-3)20(23)22-19-10-8-9-15(2)21-19/h8-12,14H,4-7,13H2,1-3H3,(H,21,22,23). The Hall–Kier alpha value is -2.56. The number of pyridine rings is 1. The Balaban J connectivity index is 2.00. The number of hydrogen-bond acceptors (Lipinski definition) is 4. The van der Waals surface area contributed by atoms with Gasteiger partial charge in [0, 0.05) is 11.3 Å². The Kier molecular flexibility index (Phi) is 7.26. The highest BCUT2D eigenvalue weighted by Gasteiger charge is 2.12. The van der Waals surface area contributed by atoms with Crippen molar-refractivity contribution in [2.75, 3.05) is 19.0 Å². The molecular weight excluding hydrogens is 316 g/mol. The highest BCUT2D eigenvalue weighted by molar-refractivity contribution is 6.04. The van der Waals surface area contributed by atoms with E-state index in [2.05, 4.69) is 17.2 Å². The van der Waals surface area contributed by atoms with Crippen LogP contribution in [-0.2, 0) is 0 Å². The third-order valence-electron chi connectivity index (χ3n) is 3.81. The number of benzene rings is 1. The Bertz CT molecular complexity index is 701. The number of carbonyl (C=O) groups excluding carboxylic acids is 1. The summed E-state index contributed by atoms with van der Waals surface area (Å²) in [5.74, 6) is 1.51. The average Bonchev–Trinajstić information content (AvgIpc) is 2.61. The molecule has 0 spiro atoms. The second kappa shape index (κ2) is 9.67. The van der Waals surface area contributed by atoms with Crippen LogP contribution in [0.3, 0.4) is 0 Å². The molecule has 2 aromatic rings. The highest BCUT2D eigenvalue weighted by Crippen LogP contribution is 2.28. The zero-order chi connectivity index (χ0) is 18.1. The van der Waals surface area contributed by atoms with Gasteiger partial charge in [0.1, 0.15) is 5.82 Å². The topological polar surface area (TPSA) is 60.5 Å². The Morgan fingerprint density at radius 3 is 2.68 bits per heavy atom. The first kappa shape index (κ1) is 18.8. The lowest BCUT2D eigenvalue weighted by molar-refractivity contribution is 0.102. The van der Waals surface area contributed by atoms with Crippen LogP contribution in [0.25, 0.3) is 0 Å². The summed E-state index contributed by atoms with van der Waals surface area (Å²) >= 11 is 0. The number of ether oxygens (including phenoxy) is 2. The Morgan fingerprint density at radius 2 is 1.96 bits per heavy atom. The van der Waals surface area contributed by atoms with Gasteiger partial charge in [-0.1, -0.05) is 32.3 Å². The van der Waals surface area contributed by atoms with Crippen molar-refractivity contribution in [2.45, 2.75) is 39.5 Å². The van der Waals surface area contributed by atoms with Gasteiger partial charge in [-0.3, -0.25) is 4.79 Å². The molecule has 0 aliphatic rings. The minimum Gasteiger partial charge on any atom is -0.493 e. The molecule has 0 aliphatic heterocycles. The summed E-state index contributed by atoms with van der Waals surface area (Å²) in [7, 11) is 1.57. The van der Waals surface area contributed by atoms with Crippen LogP contribution in [-0.4, -0.2) is 24.6 Å². The number of aryl methyl sites for hydroxylation is 1. The third-order valence-corrected chi connectivity index (χ3v) is 3.81. The fraction of sp³-hybridized carbons (Fsp3) is 0.400. The molecule has 0 aliphatic carbocycles. The molecule has 1 amide bonds. The van der Waals surface area contributed by atoms with Gasteiger partial charge in [-0.2, -0.15) is 0 Å². The lowest BCUT2D eigenvalue weighted by Gasteiger charge is -2.12. The maximum Gasteiger partial charge on any atom is 0.256 e. The molecule has 1 aromatic carbocycles. The monoisotopic (exact) mass is 342 g/mol. The number of hydrogen-bond donors (Lipinski definition) is 1. The molecule has 0 atom stereocenters. The van der Waals surface area contributed by atoms with Gasteiger partial charge in [0.05, 0.1) is 13.7 Å². The molecule has 2 rings (SSSR count). The number of nitrogens with zero attached hydrogens (tertiary/aromatic N) is 1. The van der Waals surface area contributed by atoms with Crippen LogP contribution in [0.1, 0.15) is 48.7 Å². The zero-order valence-corrected chi connectivity index (χ0v) is 15.2. The van der Waals surface area contributed by atoms with Crippen LogP contribution in [0, 0.1) is 6.92 Å². The summed E-state index contributed by atoms with van der Waals surface area (Å²) in [6.07, 6.45) is 4.58. The molecule has 25 heavy (non-hydrogen) atoms. The van der Waals surface area contributed by atoms with Crippen molar-refractivity contribution in [2.24, 2.45) is 0 Å². The smallest absolute Gasteiger partial charge is 0.256 e. The maximum atomic E-state index is 12.4. The molecule has 0 unspecified atom stereocenters. The van der Waals surface area contributed by atoms with E-state index in [1.165, 1.54) is 12.8 Å². The third kappa shape index (κ3) is 5.78. The number of anilines is 1. The normalized spacial score (nSPS) is 10.4. The van der Waals surface area contributed by atoms with Gasteiger partial charge in [-0.15, -0.1) is 0 Å². The number of carbonyl (C=O) groups is 1. The van der Waals surface area contributed by atoms with Gasteiger partial charge < -0.3 is 14.8 Å². The first-order valence-corrected chi connectivity index (χ1v) is 8.70. The predicted octanol–water partition coefficient (Wildman–Crippen LogP) is 4.61. The van der Waals surface area contributed by atoms with E-state index >= 15 is 0 Å². The molecule has 5 heteroatoms. The van der Waals surface area contributed by atoms with E-state index in [1.807, 2.05) is 19.1 Å². The molecule has 0 saturated heterocycles. The van der Waals surface area contributed by atoms with Gasteiger partial charge >= 0.3 is 0 Å². The maximum absolute atomic E-state index is 12.4. The summed E-state index contributed by atoms with van der Waals surface area (Å²) in [5, 5.41) is 2.79. The van der Waals surface area contributed by atoms with Crippen LogP contribution in [0.5, 0.6) is 11.5 Å². The van der Waals surface area contributed by atoms with Crippen LogP contribution < -0.4 is 14.8 Å². The molecular formula is C20H26N2O3. The van der Waals surface area contributed by atoms with Crippen molar-refractivity contribution in [3.05, 3.63) is 47.7 Å². The number of amides is 1. The molecule has 1 aromatic heterocycles.